The second kappa shape index (κ2) is 14.1. The largest absolute Gasteiger partial charge is 0.493 e. The second-order valence-electron chi connectivity index (χ2n) is 10.1. The molecule has 41 heavy (non-hydrogen) atoms. The Morgan fingerprint density at radius 3 is 2.02 bits per heavy atom. The lowest BCUT2D eigenvalue weighted by Crippen LogP contribution is -2.40. The van der Waals surface area contributed by atoms with E-state index in [4.69, 9.17) is 20.5 Å². The zero-order valence-corrected chi connectivity index (χ0v) is 24.8. The topological polar surface area (TPSA) is 194 Å². The summed E-state index contributed by atoms with van der Waals surface area (Å²) in [5, 5.41) is -1.80. The Balaban J connectivity index is 0.000000290. The Labute approximate surface area is 239 Å². The number of hydrogen-bond acceptors (Lipinski definition) is 8. The van der Waals surface area contributed by atoms with Gasteiger partial charge in [-0.3, -0.25) is 0 Å². The highest BCUT2D eigenvalue weighted by atomic mass is 32.2. The van der Waals surface area contributed by atoms with Crippen molar-refractivity contribution >= 4 is 42.9 Å². The van der Waals surface area contributed by atoms with Gasteiger partial charge >= 0.3 is 23.2 Å². The van der Waals surface area contributed by atoms with Gasteiger partial charge in [0.1, 0.15) is 17.0 Å². The number of carbonyl (C=O) groups is 2. The van der Waals surface area contributed by atoms with E-state index >= 15 is 0 Å². The second-order valence-corrected chi connectivity index (χ2v) is 14.2. The molecule has 14 heteroatoms. The van der Waals surface area contributed by atoms with Gasteiger partial charge in [0.05, 0.1) is 9.79 Å². The summed E-state index contributed by atoms with van der Waals surface area (Å²) in [6, 6.07) is 13.9. The molecule has 1 fully saturated rings. The molecule has 0 bridgehead atoms. The van der Waals surface area contributed by atoms with Crippen molar-refractivity contribution in [2.75, 3.05) is 0 Å². The van der Waals surface area contributed by atoms with Gasteiger partial charge < -0.3 is 20.5 Å². The van der Waals surface area contributed by atoms with Crippen LogP contribution in [0.1, 0.15) is 52.0 Å². The van der Waals surface area contributed by atoms with Crippen LogP contribution in [-0.2, 0) is 38.7 Å². The van der Waals surface area contributed by atoms with Crippen LogP contribution in [-0.4, -0.2) is 66.6 Å². The van der Waals surface area contributed by atoms with E-state index < -0.39 is 53.6 Å². The molecule has 2 aromatic rings. The Morgan fingerprint density at radius 1 is 0.902 bits per heavy atom. The summed E-state index contributed by atoms with van der Waals surface area (Å²) in [5.74, 6) is -2.03. The molecule has 1 aliphatic carbocycles. The molecule has 3 rings (SSSR count). The van der Waals surface area contributed by atoms with E-state index in [1.807, 2.05) is 6.92 Å². The van der Waals surface area contributed by atoms with Crippen molar-refractivity contribution in [3.05, 3.63) is 71.2 Å². The maximum atomic E-state index is 12.8. The third-order valence-electron chi connectivity index (χ3n) is 5.79. The quantitative estimate of drug-likeness (QED) is 0.163. The number of benzene rings is 2. The van der Waals surface area contributed by atoms with Gasteiger partial charge in [-0.15, -0.1) is 4.79 Å². The number of aryl methyl sites for hydroxylation is 1. The molecular weight excluding hydrogens is 572 g/mol. The molecule has 1 saturated carbocycles. The number of carbonyl (C=O) groups excluding carboxylic acids is 2. The van der Waals surface area contributed by atoms with Crippen LogP contribution >= 0.6 is 0 Å². The molecule has 1 aliphatic rings. The molecule has 2 aromatic carbocycles. The minimum atomic E-state index is -4.20. The molecule has 0 heterocycles. The number of sulfone groups is 2. The fourth-order valence-corrected chi connectivity index (χ4v) is 6.96. The predicted octanol–water partition coefficient (Wildman–Crippen LogP) is 3.35. The lowest BCUT2D eigenvalue weighted by molar-refractivity contribution is -0.150. The normalized spacial score (nSPS) is 17.0. The zero-order chi connectivity index (χ0) is 30.8. The van der Waals surface area contributed by atoms with Gasteiger partial charge in [-0.05, 0) is 71.2 Å². The molecular formula is C27H32N4O8S2. The Kier molecular flexibility index (Phi) is 11.4. The highest BCUT2D eigenvalue weighted by Crippen LogP contribution is 2.31. The maximum absolute atomic E-state index is 12.8. The number of esters is 2. The summed E-state index contributed by atoms with van der Waals surface area (Å²) in [7, 11) is -7.77. The van der Waals surface area contributed by atoms with E-state index in [1.165, 1.54) is 24.3 Å². The SMILES string of the molecule is CC(C)(C)OC(=O)C(=[N+]=[N-])S(=O)(=O)c1ccccc1.Cc1ccc(S(=O)(=O)C2CCCCC2OC(=O)C=[N+]=[N-])cc1. The van der Waals surface area contributed by atoms with Crippen LogP contribution in [0.2, 0.25) is 0 Å². The monoisotopic (exact) mass is 604 g/mol. The van der Waals surface area contributed by atoms with E-state index in [9.17, 15) is 26.4 Å². The Morgan fingerprint density at radius 2 is 1.49 bits per heavy atom. The molecule has 0 N–H and O–H groups in total. The van der Waals surface area contributed by atoms with Gasteiger partial charge in [0, 0.05) is 0 Å². The first-order chi connectivity index (χ1) is 19.1. The fraction of sp³-hybridized carbons (Fsp3) is 0.407. The highest BCUT2D eigenvalue weighted by Gasteiger charge is 2.41. The number of ether oxygens (including phenoxy) is 2. The summed E-state index contributed by atoms with van der Waals surface area (Å²) in [4.78, 5) is 28.4. The molecule has 0 aliphatic heterocycles. The molecule has 220 valence electrons. The number of hydrogen-bond donors (Lipinski definition) is 0. The van der Waals surface area contributed by atoms with E-state index in [1.54, 1.807) is 51.1 Å². The van der Waals surface area contributed by atoms with Gasteiger partial charge in [0.15, 0.2) is 9.84 Å². The summed E-state index contributed by atoms with van der Waals surface area (Å²) < 4.78 is 59.8. The molecule has 12 nitrogen and oxygen atoms in total. The summed E-state index contributed by atoms with van der Waals surface area (Å²) >= 11 is 0. The Hall–Kier alpha value is -3.96. The molecule has 2 unspecified atom stereocenters. The molecule has 0 radical (unpaired) electrons. The van der Waals surface area contributed by atoms with Crippen LogP contribution in [0.3, 0.4) is 0 Å². The van der Waals surface area contributed by atoms with Crippen LogP contribution in [0.5, 0.6) is 0 Å². The van der Waals surface area contributed by atoms with Gasteiger partial charge in [-0.1, -0.05) is 42.3 Å². The average Bonchev–Trinajstić information content (AvgIpc) is 2.89. The van der Waals surface area contributed by atoms with E-state index in [0.29, 0.717) is 19.1 Å². The molecule has 0 spiro atoms. The molecule has 0 aromatic heterocycles. The minimum Gasteiger partial charge on any atom is -0.453 e. The van der Waals surface area contributed by atoms with Gasteiger partial charge in [0.2, 0.25) is 0 Å². The van der Waals surface area contributed by atoms with Gasteiger partial charge in [-0.25, -0.2) is 26.4 Å². The van der Waals surface area contributed by atoms with E-state index in [0.717, 1.165) is 18.4 Å². The van der Waals surface area contributed by atoms with Crippen LogP contribution in [0.25, 0.3) is 11.1 Å². The first kappa shape index (κ1) is 33.2. The predicted molar refractivity (Wildman–Crippen MR) is 148 cm³/mol. The van der Waals surface area contributed by atoms with Crippen molar-refractivity contribution in [2.45, 2.75) is 80.1 Å². The molecule has 0 saturated heterocycles. The number of nitrogens with zero attached hydrogens (tertiary/aromatic N) is 4. The van der Waals surface area contributed by atoms with Gasteiger partial charge in [-0.2, -0.15) is 4.79 Å². The maximum Gasteiger partial charge on any atom is 0.493 e. The van der Waals surface area contributed by atoms with Crippen LogP contribution in [0.4, 0.5) is 0 Å². The van der Waals surface area contributed by atoms with Crippen LogP contribution in [0, 0.1) is 6.92 Å². The lowest BCUT2D eigenvalue weighted by atomic mass is 9.97. The van der Waals surface area contributed by atoms with Crippen molar-refractivity contribution in [2.24, 2.45) is 0 Å². The van der Waals surface area contributed by atoms with Crippen molar-refractivity contribution in [3.63, 3.8) is 0 Å². The summed E-state index contributed by atoms with van der Waals surface area (Å²) in [6.45, 7) is 6.62. The van der Waals surface area contributed by atoms with Crippen molar-refractivity contribution in [3.8, 4) is 0 Å². The first-order valence-corrected chi connectivity index (χ1v) is 15.6. The van der Waals surface area contributed by atoms with Crippen LogP contribution in [0.15, 0.2) is 64.4 Å². The fourth-order valence-electron chi connectivity index (χ4n) is 3.92. The van der Waals surface area contributed by atoms with E-state index in [2.05, 4.69) is 9.58 Å². The number of rotatable bonds is 5. The zero-order valence-electron chi connectivity index (χ0n) is 23.1. The third kappa shape index (κ3) is 9.29. The molecule has 0 amide bonds. The van der Waals surface area contributed by atoms with Crippen molar-refractivity contribution in [1.29, 1.82) is 0 Å². The van der Waals surface area contributed by atoms with E-state index in [-0.39, 0.29) is 9.79 Å². The van der Waals surface area contributed by atoms with Crippen molar-refractivity contribution in [1.82, 2.24) is 0 Å². The molecule has 2 atom stereocenters. The minimum absolute atomic E-state index is 0.145. The standard InChI is InChI=1S/C15H18N2O4S.C12H14N2O4S/c1-11-6-8-12(9-7-11)22(19,20)14-5-3-2-4-13(14)21-15(18)10-17-16;1-12(2,3)18-11(15)10(14-13)19(16,17)9-7-5-4-6-8-9/h6-10,13-14H,2-5H2,1H3;4-8H,1-3H3. The lowest BCUT2D eigenvalue weighted by Gasteiger charge is -2.30. The van der Waals surface area contributed by atoms with Crippen LogP contribution < -0.4 is 0 Å². The first-order valence-electron chi connectivity index (χ1n) is 12.6. The smallest absolute Gasteiger partial charge is 0.453 e. The highest BCUT2D eigenvalue weighted by molar-refractivity contribution is 8.08. The third-order valence-corrected chi connectivity index (χ3v) is 9.71. The van der Waals surface area contributed by atoms with Crippen molar-refractivity contribution < 1.29 is 45.5 Å². The van der Waals surface area contributed by atoms with Gasteiger partial charge in [0.25, 0.3) is 9.84 Å². The summed E-state index contributed by atoms with van der Waals surface area (Å²) in [6.07, 6.45) is 2.42. The Bertz CT molecular complexity index is 1550. The average molecular weight is 605 g/mol. The summed E-state index contributed by atoms with van der Waals surface area (Å²) in [5.41, 5.74) is 17.2.